The number of halogens is 2. The van der Waals surface area contributed by atoms with Gasteiger partial charge in [-0.15, -0.1) is 0 Å². The van der Waals surface area contributed by atoms with Crippen LogP contribution in [0.4, 0.5) is 0 Å². The third-order valence-corrected chi connectivity index (χ3v) is 4.64. The normalized spacial score (nSPS) is 17.8. The van der Waals surface area contributed by atoms with Crippen molar-refractivity contribution in [2.24, 2.45) is 5.92 Å². The van der Waals surface area contributed by atoms with Gasteiger partial charge in [0.15, 0.2) is 0 Å². The Hall–Kier alpha value is -1.29. The van der Waals surface area contributed by atoms with Crippen LogP contribution in [0.25, 0.3) is 0 Å². The molecule has 0 spiro atoms. The first-order valence-corrected chi connectivity index (χ1v) is 9.03. The lowest BCUT2D eigenvalue weighted by Crippen LogP contribution is -2.27. The molecule has 1 aromatic carbocycles. The van der Waals surface area contributed by atoms with E-state index in [1.807, 2.05) is 24.3 Å². The zero-order valence-corrected chi connectivity index (χ0v) is 15.2. The van der Waals surface area contributed by atoms with Gasteiger partial charge in [0.05, 0.1) is 16.7 Å². The van der Waals surface area contributed by atoms with E-state index in [1.165, 1.54) is 5.56 Å². The van der Waals surface area contributed by atoms with Crippen LogP contribution in [0.2, 0.25) is 10.0 Å². The summed E-state index contributed by atoms with van der Waals surface area (Å²) in [6.45, 7) is 2.25. The molecule has 0 bridgehead atoms. The van der Waals surface area contributed by atoms with Crippen LogP contribution in [0.1, 0.15) is 24.8 Å². The van der Waals surface area contributed by atoms with E-state index >= 15 is 0 Å². The van der Waals surface area contributed by atoms with Gasteiger partial charge in [-0.25, -0.2) is 0 Å². The monoisotopic (exact) mass is 367 g/mol. The van der Waals surface area contributed by atoms with Gasteiger partial charge in [-0.2, -0.15) is 0 Å². The van der Waals surface area contributed by atoms with Gasteiger partial charge in [0.25, 0.3) is 0 Å². The Labute approximate surface area is 153 Å². The average molecular weight is 368 g/mol. The molecule has 130 valence electrons. The number of allylic oxidation sites excluding steroid dienone is 3. The molecule has 2 rings (SSSR count). The molecule has 1 atom stereocenters. The van der Waals surface area contributed by atoms with E-state index in [1.54, 1.807) is 12.2 Å². The summed E-state index contributed by atoms with van der Waals surface area (Å²) in [4.78, 5) is 11.6. The van der Waals surface area contributed by atoms with Crippen molar-refractivity contribution in [2.45, 2.75) is 25.7 Å². The van der Waals surface area contributed by atoms with Gasteiger partial charge in [0, 0.05) is 25.1 Å². The minimum atomic E-state index is -0.0534. The molecule has 1 saturated heterocycles. The first-order valence-electron chi connectivity index (χ1n) is 8.28. The summed E-state index contributed by atoms with van der Waals surface area (Å²) in [7, 11) is 0. The van der Waals surface area contributed by atoms with E-state index in [2.05, 4.69) is 11.4 Å². The SMILES string of the molecule is O=C(/C=C/C=C/CCCc1ccc(Cl)c(Cl)c1)NCC1CCOC1. The van der Waals surface area contributed by atoms with Crippen molar-refractivity contribution >= 4 is 29.1 Å². The molecule has 1 aliphatic heterocycles. The van der Waals surface area contributed by atoms with E-state index in [0.717, 1.165) is 38.9 Å². The highest BCUT2D eigenvalue weighted by Crippen LogP contribution is 2.23. The maximum atomic E-state index is 11.6. The molecule has 0 aromatic heterocycles. The fourth-order valence-electron chi connectivity index (χ4n) is 2.49. The van der Waals surface area contributed by atoms with Gasteiger partial charge in [-0.1, -0.05) is 47.5 Å². The number of nitrogens with one attached hydrogen (secondary N) is 1. The third kappa shape index (κ3) is 7.08. The van der Waals surface area contributed by atoms with E-state index in [0.29, 0.717) is 22.5 Å². The number of carbonyl (C=O) groups excluding carboxylic acids is 1. The number of hydrogen-bond acceptors (Lipinski definition) is 2. The summed E-state index contributed by atoms with van der Waals surface area (Å²) in [6.07, 6.45) is 11.3. The number of amides is 1. The van der Waals surface area contributed by atoms with Crippen molar-refractivity contribution in [1.29, 1.82) is 0 Å². The highest BCUT2D eigenvalue weighted by atomic mass is 35.5. The summed E-state index contributed by atoms with van der Waals surface area (Å²) >= 11 is 11.9. The van der Waals surface area contributed by atoms with Crippen molar-refractivity contribution in [3.8, 4) is 0 Å². The first kappa shape index (κ1) is 19.0. The highest BCUT2D eigenvalue weighted by Gasteiger charge is 2.15. The van der Waals surface area contributed by atoms with Crippen molar-refractivity contribution < 1.29 is 9.53 Å². The fraction of sp³-hybridized carbons (Fsp3) is 0.421. The Kier molecular flexibility index (Phi) is 8.37. The summed E-state index contributed by atoms with van der Waals surface area (Å²) < 4.78 is 5.28. The van der Waals surface area contributed by atoms with Gasteiger partial charge in [-0.05, 0) is 43.4 Å². The molecule has 1 heterocycles. The van der Waals surface area contributed by atoms with E-state index in [9.17, 15) is 4.79 Å². The molecular weight excluding hydrogens is 345 g/mol. The van der Waals surface area contributed by atoms with Crippen LogP contribution < -0.4 is 5.32 Å². The Morgan fingerprint density at radius 1 is 1.29 bits per heavy atom. The van der Waals surface area contributed by atoms with E-state index in [4.69, 9.17) is 27.9 Å². The van der Waals surface area contributed by atoms with Gasteiger partial charge in [0.1, 0.15) is 0 Å². The molecule has 0 radical (unpaired) electrons. The maximum absolute atomic E-state index is 11.6. The second kappa shape index (κ2) is 10.5. The zero-order valence-electron chi connectivity index (χ0n) is 13.6. The second-order valence-electron chi connectivity index (χ2n) is 5.90. The molecular formula is C19H23Cl2NO2. The molecule has 1 aromatic rings. The zero-order chi connectivity index (χ0) is 17.2. The molecule has 0 saturated carbocycles. The van der Waals surface area contributed by atoms with Crippen molar-refractivity contribution in [1.82, 2.24) is 5.32 Å². The van der Waals surface area contributed by atoms with Crippen LogP contribution in [0.5, 0.6) is 0 Å². The number of hydrogen-bond donors (Lipinski definition) is 1. The molecule has 5 heteroatoms. The summed E-state index contributed by atoms with van der Waals surface area (Å²) in [5.41, 5.74) is 1.18. The number of aryl methyl sites for hydroxylation is 1. The van der Waals surface area contributed by atoms with Gasteiger partial charge >= 0.3 is 0 Å². The number of ether oxygens (including phenoxy) is 1. The summed E-state index contributed by atoms with van der Waals surface area (Å²) in [5, 5.41) is 4.08. The molecule has 1 amide bonds. The summed E-state index contributed by atoms with van der Waals surface area (Å²) in [6, 6.07) is 5.74. The minimum absolute atomic E-state index is 0.0534. The number of rotatable bonds is 8. The molecule has 1 N–H and O–H groups in total. The quantitative estimate of drug-likeness (QED) is 0.414. The Bertz CT molecular complexity index is 593. The lowest BCUT2D eigenvalue weighted by molar-refractivity contribution is -0.116. The largest absolute Gasteiger partial charge is 0.381 e. The van der Waals surface area contributed by atoms with E-state index < -0.39 is 0 Å². The number of unbranched alkanes of at least 4 members (excludes halogenated alkanes) is 1. The van der Waals surface area contributed by atoms with Gasteiger partial charge in [0.2, 0.25) is 5.91 Å². The summed E-state index contributed by atoms with van der Waals surface area (Å²) in [5.74, 6) is 0.404. The van der Waals surface area contributed by atoms with Crippen LogP contribution in [-0.2, 0) is 16.0 Å². The molecule has 1 aliphatic rings. The first-order chi connectivity index (χ1) is 11.6. The molecule has 1 unspecified atom stereocenters. The van der Waals surface area contributed by atoms with E-state index in [-0.39, 0.29) is 5.91 Å². The highest BCUT2D eigenvalue weighted by molar-refractivity contribution is 6.42. The van der Waals surface area contributed by atoms with Crippen LogP contribution in [-0.4, -0.2) is 25.7 Å². The molecule has 3 nitrogen and oxygen atoms in total. The number of benzene rings is 1. The number of carbonyl (C=O) groups is 1. The van der Waals surface area contributed by atoms with Crippen LogP contribution in [0.3, 0.4) is 0 Å². The minimum Gasteiger partial charge on any atom is -0.381 e. The van der Waals surface area contributed by atoms with Crippen molar-refractivity contribution in [3.63, 3.8) is 0 Å². The van der Waals surface area contributed by atoms with Crippen LogP contribution in [0.15, 0.2) is 42.5 Å². The maximum Gasteiger partial charge on any atom is 0.243 e. The third-order valence-electron chi connectivity index (χ3n) is 3.90. The Morgan fingerprint density at radius 3 is 2.92 bits per heavy atom. The van der Waals surface area contributed by atoms with Gasteiger partial charge < -0.3 is 10.1 Å². The fourth-order valence-corrected chi connectivity index (χ4v) is 2.81. The standard InChI is InChI=1S/C19H23Cl2NO2/c20-17-9-8-15(12-18(17)21)6-4-2-1-3-5-7-19(23)22-13-16-10-11-24-14-16/h1,3,5,7-9,12,16H,2,4,6,10-11,13-14H2,(H,22,23)/b3-1+,7-5+. The molecule has 24 heavy (non-hydrogen) atoms. The van der Waals surface area contributed by atoms with Crippen LogP contribution >= 0.6 is 23.2 Å². The topological polar surface area (TPSA) is 38.3 Å². The lowest BCUT2D eigenvalue weighted by atomic mass is 10.1. The average Bonchev–Trinajstić information content (AvgIpc) is 3.09. The van der Waals surface area contributed by atoms with Crippen LogP contribution in [0, 0.1) is 5.92 Å². The lowest BCUT2D eigenvalue weighted by Gasteiger charge is -2.06. The molecule has 1 fully saturated rings. The van der Waals surface area contributed by atoms with Crippen molar-refractivity contribution in [3.05, 3.63) is 58.1 Å². The predicted octanol–water partition coefficient (Wildman–Crippen LogP) is 4.58. The smallest absolute Gasteiger partial charge is 0.243 e. The predicted molar refractivity (Wildman–Crippen MR) is 99.6 cm³/mol. The Balaban J connectivity index is 1.57. The second-order valence-corrected chi connectivity index (χ2v) is 6.72. The Morgan fingerprint density at radius 2 is 2.17 bits per heavy atom. The molecule has 0 aliphatic carbocycles. The van der Waals surface area contributed by atoms with Gasteiger partial charge in [-0.3, -0.25) is 4.79 Å². The van der Waals surface area contributed by atoms with Crippen molar-refractivity contribution in [2.75, 3.05) is 19.8 Å².